The summed E-state index contributed by atoms with van der Waals surface area (Å²) >= 11 is 0. The van der Waals surface area contributed by atoms with Gasteiger partial charge in [-0.05, 0) is 49.3 Å². The summed E-state index contributed by atoms with van der Waals surface area (Å²) in [7, 11) is 1.69. The number of benzene rings is 1. The van der Waals surface area contributed by atoms with Gasteiger partial charge >= 0.3 is 0 Å². The van der Waals surface area contributed by atoms with Gasteiger partial charge in [0.1, 0.15) is 5.75 Å². The Morgan fingerprint density at radius 2 is 1.42 bits per heavy atom. The van der Waals surface area contributed by atoms with Crippen LogP contribution in [0.3, 0.4) is 0 Å². The highest BCUT2D eigenvalue weighted by molar-refractivity contribution is 5.29. The van der Waals surface area contributed by atoms with E-state index in [4.69, 9.17) is 16.2 Å². The Labute approximate surface area is 117 Å². The lowest BCUT2D eigenvalue weighted by molar-refractivity contribution is 0.413. The summed E-state index contributed by atoms with van der Waals surface area (Å²) in [6, 6.07) is 8.78. The van der Waals surface area contributed by atoms with Gasteiger partial charge in [-0.15, -0.1) is 0 Å². The summed E-state index contributed by atoms with van der Waals surface area (Å²) < 4.78 is 5.20. The minimum atomic E-state index is 0.246. The van der Waals surface area contributed by atoms with Crippen molar-refractivity contribution in [1.82, 2.24) is 0 Å². The molecule has 0 heterocycles. The van der Waals surface area contributed by atoms with Crippen LogP contribution >= 0.6 is 0 Å². The summed E-state index contributed by atoms with van der Waals surface area (Å²) in [6.07, 6.45) is 4.01. The van der Waals surface area contributed by atoms with Crippen LogP contribution in [-0.2, 0) is 0 Å². The van der Waals surface area contributed by atoms with Crippen molar-refractivity contribution < 1.29 is 4.74 Å². The molecule has 0 amide bonds. The zero-order valence-corrected chi connectivity index (χ0v) is 12.4. The highest BCUT2D eigenvalue weighted by atomic mass is 16.5. The molecule has 3 heteroatoms. The molecule has 1 rings (SSSR count). The van der Waals surface area contributed by atoms with Crippen LogP contribution in [-0.4, -0.2) is 19.2 Å². The molecule has 0 fully saturated rings. The average Bonchev–Trinajstić information content (AvgIpc) is 2.46. The topological polar surface area (TPSA) is 61.3 Å². The Morgan fingerprint density at radius 1 is 0.947 bits per heavy atom. The second-order valence-electron chi connectivity index (χ2n) is 5.28. The molecular formula is C16H28N2O. The van der Waals surface area contributed by atoms with Crippen molar-refractivity contribution in [3.05, 3.63) is 29.8 Å². The molecule has 0 spiro atoms. The minimum absolute atomic E-state index is 0.246. The number of rotatable bonds is 8. The summed E-state index contributed by atoms with van der Waals surface area (Å²) in [5.74, 6) is 1.33. The first kappa shape index (κ1) is 16.0. The van der Waals surface area contributed by atoms with E-state index in [-0.39, 0.29) is 12.1 Å². The van der Waals surface area contributed by atoms with Crippen LogP contribution in [0.25, 0.3) is 0 Å². The molecule has 0 saturated heterocycles. The van der Waals surface area contributed by atoms with E-state index in [0.717, 1.165) is 31.4 Å². The Morgan fingerprint density at radius 3 is 1.79 bits per heavy atom. The maximum absolute atomic E-state index is 6.12. The maximum Gasteiger partial charge on any atom is 0.118 e. The Balaban J connectivity index is 2.80. The van der Waals surface area contributed by atoms with E-state index in [1.807, 2.05) is 12.1 Å². The van der Waals surface area contributed by atoms with E-state index in [1.165, 1.54) is 5.56 Å². The van der Waals surface area contributed by atoms with Gasteiger partial charge in [-0.2, -0.15) is 0 Å². The molecule has 2 unspecified atom stereocenters. The molecule has 0 aliphatic rings. The molecule has 0 bridgehead atoms. The molecule has 2 atom stereocenters. The number of hydrogen-bond donors (Lipinski definition) is 2. The van der Waals surface area contributed by atoms with E-state index >= 15 is 0 Å². The van der Waals surface area contributed by atoms with Gasteiger partial charge in [0.25, 0.3) is 0 Å². The normalized spacial score (nSPS) is 15.8. The SMILES string of the molecule is CCC(N)CC(CC(N)CC)c1ccc(OC)cc1. The second-order valence-corrected chi connectivity index (χ2v) is 5.28. The van der Waals surface area contributed by atoms with Crippen molar-refractivity contribution in [2.45, 2.75) is 57.5 Å². The Kier molecular flexibility index (Phi) is 6.89. The fourth-order valence-electron chi connectivity index (χ4n) is 2.31. The van der Waals surface area contributed by atoms with Crippen LogP contribution in [0.2, 0.25) is 0 Å². The minimum Gasteiger partial charge on any atom is -0.497 e. The van der Waals surface area contributed by atoms with Gasteiger partial charge in [-0.25, -0.2) is 0 Å². The highest BCUT2D eigenvalue weighted by Gasteiger charge is 2.17. The quantitative estimate of drug-likeness (QED) is 0.758. The predicted molar refractivity (Wildman–Crippen MR) is 81.5 cm³/mol. The van der Waals surface area contributed by atoms with Crippen molar-refractivity contribution in [2.75, 3.05) is 7.11 Å². The first-order valence-corrected chi connectivity index (χ1v) is 7.25. The Hall–Kier alpha value is -1.06. The zero-order valence-electron chi connectivity index (χ0n) is 12.4. The fraction of sp³-hybridized carbons (Fsp3) is 0.625. The molecule has 0 radical (unpaired) electrons. The van der Waals surface area contributed by atoms with Crippen molar-refractivity contribution in [1.29, 1.82) is 0 Å². The predicted octanol–water partition coefficient (Wildman–Crippen LogP) is 3.03. The average molecular weight is 264 g/mol. The third-order valence-electron chi connectivity index (χ3n) is 3.81. The smallest absolute Gasteiger partial charge is 0.118 e. The van der Waals surface area contributed by atoms with E-state index in [0.29, 0.717) is 5.92 Å². The number of methoxy groups -OCH3 is 1. The highest BCUT2D eigenvalue weighted by Crippen LogP contribution is 2.28. The van der Waals surface area contributed by atoms with E-state index < -0.39 is 0 Å². The summed E-state index contributed by atoms with van der Waals surface area (Å²) in [5, 5.41) is 0. The molecule has 0 aliphatic heterocycles. The zero-order chi connectivity index (χ0) is 14.3. The van der Waals surface area contributed by atoms with Crippen LogP contribution in [0.1, 0.15) is 51.0 Å². The third kappa shape index (κ3) is 5.21. The summed E-state index contributed by atoms with van der Waals surface area (Å²) in [5.41, 5.74) is 13.6. The molecule has 1 aromatic carbocycles. The van der Waals surface area contributed by atoms with Gasteiger partial charge in [0, 0.05) is 12.1 Å². The lowest BCUT2D eigenvalue weighted by Gasteiger charge is -2.23. The van der Waals surface area contributed by atoms with E-state index in [1.54, 1.807) is 7.11 Å². The van der Waals surface area contributed by atoms with Crippen molar-refractivity contribution in [3.63, 3.8) is 0 Å². The van der Waals surface area contributed by atoms with Crippen LogP contribution in [0.5, 0.6) is 5.75 Å². The van der Waals surface area contributed by atoms with Gasteiger partial charge in [0.15, 0.2) is 0 Å². The van der Waals surface area contributed by atoms with Crippen molar-refractivity contribution in [3.8, 4) is 5.75 Å². The van der Waals surface area contributed by atoms with Crippen LogP contribution in [0, 0.1) is 0 Å². The molecule has 4 N–H and O–H groups in total. The molecule has 108 valence electrons. The van der Waals surface area contributed by atoms with Crippen molar-refractivity contribution >= 4 is 0 Å². The largest absolute Gasteiger partial charge is 0.497 e. The summed E-state index contributed by atoms with van der Waals surface area (Å²) in [6.45, 7) is 4.27. The Bertz CT molecular complexity index is 338. The van der Waals surface area contributed by atoms with Gasteiger partial charge in [-0.3, -0.25) is 0 Å². The maximum atomic E-state index is 6.12. The molecule has 0 aliphatic carbocycles. The second kappa shape index (κ2) is 8.18. The third-order valence-corrected chi connectivity index (χ3v) is 3.81. The lowest BCUT2D eigenvalue weighted by Crippen LogP contribution is -2.27. The van der Waals surface area contributed by atoms with Gasteiger partial charge < -0.3 is 16.2 Å². The standard InChI is InChI=1S/C16H28N2O/c1-4-14(17)10-13(11-15(18)5-2)12-6-8-16(19-3)9-7-12/h6-9,13-15H,4-5,10-11,17-18H2,1-3H3. The lowest BCUT2D eigenvalue weighted by atomic mass is 9.86. The number of ether oxygens (including phenoxy) is 1. The molecule has 1 aromatic rings. The molecular weight excluding hydrogens is 236 g/mol. The van der Waals surface area contributed by atoms with Crippen LogP contribution in [0.4, 0.5) is 0 Å². The van der Waals surface area contributed by atoms with Crippen molar-refractivity contribution in [2.24, 2.45) is 11.5 Å². The van der Waals surface area contributed by atoms with Gasteiger partial charge in [0.05, 0.1) is 7.11 Å². The summed E-state index contributed by atoms with van der Waals surface area (Å²) in [4.78, 5) is 0. The molecule has 0 saturated carbocycles. The number of hydrogen-bond acceptors (Lipinski definition) is 3. The van der Waals surface area contributed by atoms with Gasteiger partial charge in [0.2, 0.25) is 0 Å². The molecule has 0 aromatic heterocycles. The first-order valence-electron chi connectivity index (χ1n) is 7.25. The van der Waals surface area contributed by atoms with Crippen LogP contribution < -0.4 is 16.2 Å². The first-order chi connectivity index (χ1) is 9.10. The van der Waals surface area contributed by atoms with E-state index in [9.17, 15) is 0 Å². The molecule has 3 nitrogen and oxygen atoms in total. The van der Waals surface area contributed by atoms with E-state index in [2.05, 4.69) is 26.0 Å². The van der Waals surface area contributed by atoms with Gasteiger partial charge in [-0.1, -0.05) is 26.0 Å². The fourth-order valence-corrected chi connectivity index (χ4v) is 2.31. The monoisotopic (exact) mass is 264 g/mol. The number of nitrogens with two attached hydrogens (primary N) is 2. The van der Waals surface area contributed by atoms with Crippen LogP contribution in [0.15, 0.2) is 24.3 Å². The molecule has 19 heavy (non-hydrogen) atoms.